The van der Waals surface area contributed by atoms with Gasteiger partial charge in [-0.15, -0.1) is 0 Å². The fourth-order valence-electron chi connectivity index (χ4n) is 3.25. The van der Waals surface area contributed by atoms with Gasteiger partial charge in [-0.25, -0.2) is 0 Å². The summed E-state index contributed by atoms with van der Waals surface area (Å²) in [6, 6.07) is 28.8. The third kappa shape index (κ3) is 6.13. The van der Waals surface area contributed by atoms with E-state index in [9.17, 15) is 0 Å². The van der Waals surface area contributed by atoms with Crippen molar-refractivity contribution in [1.82, 2.24) is 0 Å². The summed E-state index contributed by atoms with van der Waals surface area (Å²) in [5.74, 6) is 2.64. The second kappa shape index (κ2) is 11.0. The predicted molar refractivity (Wildman–Crippen MR) is 134 cm³/mol. The van der Waals surface area contributed by atoms with Crippen LogP contribution in [0, 0.1) is 0 Å². The minimum absolute atomic E-state index is 0.296. The number of nitrogens with one attached hydrogen (secondary N) is 1. The van der Waals surface area contributed by atoms with Gasteiger partial charge in [0, 0.05) is 22.8 Å². The van der Waals surface area contributed by atoms with Crippen LogP contribution in [0.15, 0.2) is 91.0 Å². The Morgan fingerprint density at radius 3 is 2.18 bits per heavy atom. The van der Waals surface area contributed by atoms with Gasteiger partial charge >= 0.3 is 0 Å². The molecule has 0 amide bonds. The molecule has 4 aromatic carbocycles. The first-order valence-corrected chi connectivity index (χ1v) is 11.2. The van der Waals surface area contributed by atoms with Crippen LogP contribution in [0.1, 0.15) is 11.1 Å². The number of methoxy groups -OCH3 is 1. The summed E-state index contributed by atoms with van der Waals surface area (Å²) in [5, 5.41) is 4.51. The van der Waals surface area contributed by atoms with Crippen molar-refractivity contribution in [3.05, 3.63) is 112 Å². The van der Waals surface area contributed by atoms with E-state index in [2.05, 4.69) is 5.32 Å². The molecule has 0 aliphatic carbocycles. The lowest BCUT2D eigenvalue weighted by Gasteiger charge is -2.15. The summed E-state index contributed by atoms with van der Waals surface area (Å²) in [4.78, 5) is 0. The van der Waals surface area contributed by atoms with Crippen molar-refractivity contribution >= 4 is 28.9 Å². The van der Waals surface area contributed by atoms with Crippen molar-refractivity contribution in [1.29, 1.82) is 0 Å². The van der Waals surface area contributed by atoms with E-state index in [4.69, 9.17) is 37.4 Å². The van der Waals surface area contributed by atoms with Crippen LogP contribution in [0.25, 0.3) is 0 Å². The number of anilines is 1. The lowest BCUT2D eigenvalue weighted by atomic mass is 10.2. The van der Waals surface area contributed by atoms with E-state index in [1.165, 1.54) is 0 Å². The van der Waals surface area contributed by atoms with Crippen LogP contribution in [-0.2, 0) is 13.2 Å². The van der Waals surface area contributed by atoms with Crippen LogP contribution in [-0.4, -0.2) is 7.11 Å². The molecule has 4 rings (SSSR count). The Morgan fingerprint density at radius 2 is 1.45 bits per heavy atom. The van der Waals surface area contributed by atoms with Gasteiger partial charge in [0.05, 0.1) is 12.1 Å². The monoisotopic (exact) mass is 479 g/mol. The number of para-hydroxylation sites is 1. The van der Waals surface area contributed by atoms with Crippen molar-refractivity contribution in [3.63, 3.8) is 0 Å². The normalized spacial score (nSPS) is 10.5. The average molecular weight is 480 g/mol. The van der Waals surface area contributed by atoms with Crippen LogP contribution in [0.4, 0.5) is 5.69 Å². The van der Waals surface area contributed by atoms with E-state index in [1.54, 1.807) is 7.11 Å². The molecule has 4 aromatic rings. The Hall–Kier alpha value is -3.34. The van der Waals surface area contributed by atoms with E-state index < -0.39 is 0 Å². The first-order valence-electron chi connectivity index (χ1n) is 10.4. The maximum atomic E-state index is 6.52. The van der Waals surface area contributed by atoms with E-state index in [0.717, 1.165) is 28.3 Å². The standard InChI is InChI=1S/C27H23Cl2NO3/c1-31-26-16-19(15-25(29)27(26)32-18-20-7-5-6-10-24(20)28)17-30-21-11-13-23(14-12-21)33-22-8-3-2-4-9-22/h2-16,30H,17-18H2,1H3. The number of rotatable bonds is 9. The summed E-state index contributed by atoms with van der Waals surface area (Å²) in [7, 11) is 1.59. The first kappa shape index (κ1) is 22.8. The van der Waals surface area contributed by atoms with Gasteiger partial charge in [-0.2, -0.15) is 0 Å². The Balaban J connectivity index is 1.39. The zero-order chi connectivity index (χ0) is 23.0. The molecule has 0 saturated carbocycles. The van der Waals surface area contributed by atoms with Crippen LogP contribution in [0.2, 0.25) is 10.0 Å². The molecule has 0 spiro atoms. The molecule has 0 fully saturated rings. The summed E-state index contributed by atoms with van der Waals surface area (Å²) in [6.45, 7) is 0.866. The molecule has 0 aromatic heterocycles. The second-order valence-corrected chi connectivity index (χ2v) is 8.10. The third-order valence-corrected chi connectivity index (χ3v) is 5.60. The van der Waals surface area contributed by atoms with Crippen molar-refractivity contribution in [3.8, 4) is 23.0 Å². The van der Waals surface area contributed by atoms with Gasteiger partial charge in [0.25, 0.3) is 0 Å². The first-order chi connectivity index (χ1) is 16.1. The van der Waals surface area contributed by atoms with Crippen LogP contribution in [0.5, 0.6) is 23.0 Å². The largest absolute Gasteiger partial charge is 0.493 e. The van der Waals surface area contributed by atoms with Gasteiger partial charge < -0.3 is 19.5 Å². The molecule has 33 heavy (non-hydrogen) atoms. The van der Waals surface area contributed by atoms with E-state index in [0.29, 0.717) is 34.7 Å². The molecule has 4 nitrogen and oxygen atoms in total. The Morgan fingerprint density at radius 1 is 0.758 bits per heavy atom. The summed E-state index contributed by atoms with van der Waals surface area (Å²) < 4.78 is 17.3. The van der Waals surface area contributed by atoms with Gasteiger partial charge in [0.15, 0.2) is 11.5 Å². The van der Waals surface area contributed by atoms with E-state index >= 15 is 0 Å². The molecule has 6 heteroatoms. The van der Waals surface area contributed by atoms with Crippen LogP contribution >= 0.6 is 23.2 Å². The molecule has 1 N–H and O–H groups in total. The molecule has 0 unspecified atom stereocenters. The Kier molecular flexibility index (Phi) is 7.61. The van der Waals surface area contributed by atoms with E-state index in [-0.39, 0.29) is 0 Å². The molecular weight excluding hydrogens is 457 g/mol. The highest BCUT2D eigenvalue weighted by atomic mass is 35.5. The topological polar surface area (TPSA) is 39.7 Å². The average Bonchev–Trinajstić information content (AvgIpc) is 2.84. The highest BCUT2D eigenvalue weighted by Gasteiger charge is 2.13. The zero-order valence-electron chi connectivity index (χ0n) is 18.1. The maximum Gasteiger partial charge on any atom is 0.180 e. The molecule has 0 bridgehead atoms. The molecule has 0 heterocycles. The van der Waals surface area contributed by atoms with Gasteiger partial charge in [0.2, 0.25) is 0 Å². The lowest BCUT2D eigenvalue weighted by molar-refractivity contribution is 0.284. The van der Waals surface area contributed by atoms with Gasteiger partial charge in [0.1, 0.15) is 18.1 Å². The van der Waals surface area contributed by atoms with Gasteiger partial charge in [-0.3, -0.25) is 0 Å². The SMILES string of the molecule is COc1cc(CNc2ccc(Oc3ccccc3)cc2)cc(Cl)c1OCc1ccccc1Cl. The summed E-state index contributed by atoms with van der Waals surface area (Å²) in [5.41, 5.74) is 2.80. The number of halogens is 2. The number of hydrogen-bond donors (Lipinski definition) is 1. The fourth-order valence-corrected chi connectivity index (χ4v) is 3.73. The van der Waals surface area contributed by atoms with Crippen molar-refractivity contribution in [2.24, 2.45) is 0 Å². The number of hydrogen-bond acceptors (Lipinski definition) is 4. The smallest absolute Gasteiger partial charge is 0.180 e. The predicted octanol–water partition coefficient (Wildman–Crippen LogP) is 7.99. The minimum atomic E-state index is 0.296. The molecular formula is C27H23Cl2NO3. The van der Waals surface area contributed by atoms with Gasteiger partial charge in [-0.1, -0.05) is 59.6 Å². The highest BCUT2D eigenvalue weighted by Crippen LogP contribution is 2.37. The van der Waals surface area contributed by atoms with E-state index in [1.807, 2.05) is 91.0 Å². The quantitative estimate of drug-likeness (QED) is 0.264. The minimum Gasteiger partial charge on any atom is -0.493 e. The lowest BCUT2D eigenvalue weighted by Crippen LogP contribution is -2.03. The molecule has 0 aliphatic rings. The molecule has 0 saturated heterocycles. The van der Waals surface area contributed by atoms with Crippen molar-refractivity contribution < 1.29 is 14.2 Å². The third-order valence-electron chi connectivity index (χ3n) is 4.95. The Bertz CT molecular complexity index is 1200. The molecule has 168 valence electrons. The molecule has 0 aliphatic heterocycles. The summed E-state index contributed by atoms with van der Waals surface area (Å²) in [6.07, 6.45) is 0. The molecule has 0 atom stereocenters. The van der Waals surface area contributed by atoms with Crippen molar-refractivity contribution in [2.45, 2.75) is 13.2 Å². The number of benzene rings is 4. The van der Waals surface area contributed by atoms with Gasteiger partial charge in [-0.05, 0) is 60.2 Å². The maximum absolute atomic E-state index is 6.52. The van der Waals surface area contributed by atoms with Crippen molar-refractivity contribution in [2.75, 3.05) is 12.4 Å². The highest BCUT2D eigenvalue weighted by molar-refractivity contribution is 6.32. The fraction of sp³-hybridized carbons (Fsp3) is 0.111. The Labute approximate surface area is 203 Å². The number of ether oxygens (including phenoxy) is 3. The van der Waals surface area contributed by atoms with Crippen LogP contribution < -0.4 is 19.5 Å². The van der Waals surface area contributed by atoms with Crippen LogP contribution in [0.3, 0.4) is 0 Å². The summed E-state index contributed by atoms with van der Waals surface area (Å²) >= 11 is 12.7. The second-order valence-electron chi connectivity index (χ2n) is 7.28. The molecule has 0 radical (unpaired) electrons. The zero-order valence-corrected chi connectivity index (χ0v) is 19.6.